The lowest BCUT2D eigenvalue weighted by Gasteiger charge is -2.25. The van der Waals surface area contributed by atoms with Crippen LogP contribution in [-0.2, 0) is 9.59 Å². The molecule has 1 fully saturated rings. The predicted molar refractivity (Wildman–Crippen MR) is 122 cm³/mol. The Hall–Kier alpha value is -3.84. The molecule has 1 unspecified atom stereocenters. The number of aliphatic hydroxyl groups is 1. The van der Waals surface area contributed by atoms with Crippen molar-refractivity contribution in [2.45, 2.75) is 6.04 Å². The molecule has 6 nitrogen and oxygen atoms in total. The van der Waals surface area contributed by atoms with Gasteiger partial charge in [0, 0.05) is 11.3 Å². The molecule has 3 aromatic rings. The van der Waals surface area contributed by atoms with E-state index < -0.39 is 29.3 Å². The van der Waals surface area contributed by atoms with Crippen molar-refractivity contribution in [3.63, 3.8) is 0 Å². The molecule has 1 atom stereocenters. The number of anilines is 1. The van der Waals surface area contributed by atoms with Crippen LogP contribution >= 0.6 is 11.6 Å². The summed E-state index contributed by atoms with van der Waals surface area (Å²) in [5.41, 5.74) is 0.803. The summed E-state index contributed by atoms with van der Waals surface area (Å²) in [7, 11) is 2.97. The third kappa shape index (κ3) is 4.03. The number of aliphatic hydroxyl groups excluding tert-OH is 1. The topological polar surface area (TPSA) is 76.1 Å². The summed E-state index contributed by atoms with van der Waals surface area (Å²) in [6.45, 7) is 0. The molecule has 0 saturated carbocycles. The first kappa shape index (κ1) is 22.4. The van der Waals surface area contributed by atoms with E-state index in [0.717, 1.165) is 6.07 Å². The third-order valence-electron chi connectivity index (χ3n) is 5.39. The predicted octanol–water partition coefficient (Wildman–Crippen LogP) is 5.12. The van der Waals surface area contributed by atoms with Crippen LogP contribution in [0.5, 0.6) is 11.5 Å². The van der Waals surface area contributed by atoms with E-state index in [1.54, 1.807) is 30.3 Å². The fraction of sp³-hybridized carbons (Fsp3) is 0.120. The Morgan fingerprint density at radius 1 is 1.00 bits per heavy atom. The standard InChI is InChI=1S/C25H19ClFNO5/c1-32-18-9-6-14(7-10-18)22-21(23(29)15-8-11-20(33-2)19(26)12-15)24(30)25(31)28(22)17-5-3-4-16(27)13-17/h3-13,22,29H,1-2H3/b23-21+. The summed E-state index contributed by atoms with van der Waals surface area (Å²) in [5.74, 6) is -1.79. The lowest BCUT2D eigenvalue weighted by molar-refractivity contribution is -0.132. The molecular formula is C25H19ClFNO5. The molecule has 8 heteroatoms. The van der Waals surface area contributed by atoms with Gasteiger partial charge in [0.2, 0.25) is 0 Å². The van der Waals surface area contributed by atoms with Crippen LogP contribution < -0.4 is 14.4 Å². The Labute approximate surface area is 194 Å². The van der Waals surface area contributed by atoms with Gasteiger partial charge >= 0.3 is 0 Å². The van der Waals surface area contributed by atoms with Gasteiger partial charge in [0.25, 0.3) is 11.7 Å². The van der Waals surface area contributed by atoms with E-state index >= 15 is 0 Å². The normalized spacial score (nSPS) is 17.3. The number of carbonyl (C=O) groups is 2. The van der Waals surface area contributed by atoms with Crippen molar-refractivity contribution >= 4 is 34.7 Å². The largest absolute Gasteiger partial charge is 0.507 e. The van der Waals surface area contributed by atoms with Gasteiger partial charge < -0.3 is 14.6 Å². The molecule has 0 radical (unpaired) electrons. The van der Waals surface area contributed by atoms with E-state index in [9.17, 15) is 19.1 Å². The minimum atomic E-state index is -1.00. The highest BCUT2D eigenvalue weighted by atomic mass is 35.5. The van der Waals surface area contributed by atoms with E-state index in [2.05, 4.69) is 0 Å². The number of carbonyl (C=O) groups excluding carboxylic acids is 2. The second kappa shape index (κ2) is 8.96. The molecule has 168 valence electrons. The van der Waals surface area contributed by atoms with Crippen molar-refractivity contribution in [2.75, 3.05) is 19.1 Å². The zero-order chi connectivity index (χ0) is 23.7. The zero-order valence-corrected chi connectivity index (χ0v) is 18.5. The first-order valence-corrected chi connectivity index (χ1v) is 10.3. The van der Waals surface area contributed by atoms with Gasteiger partial charge in [-0.1, -0.05) is 29.8 Å². The number of nitrogens with zero attached hydrogens (tertiary/aromatic N) is 1. The molecule has 1 heterocycles. The average Bonchev–Trinajstić information content (AvgIpc) is 3.09. The van der Waals surface area contributed by atoms with Gasteiger partial charge in [0.1, 0.15) is 23.1 Å². The van der Waals surface area contributed by atoms with Gasteiger partial charge in [0.15, 0.2) is 0 Å². The zero-order valence-electron chi connectivity index (χ0n) is 17.7. The van der Waals surface area contributed by atoms with Gasteiger partial charge in [-0.2, -0.15) is 0 Å². The van der Waals surface area contributed by atoms with Crippen molar-refractivity contribution in [1.82, 2.24) is 0 Å². The quantitative estimate of drug-likeness (QED) is 0.320. The van der Waals surface area contributed by atoms with E-state index in [4.69, 9.17) is 21.1 Å². The number of benzene rings is 3. The second-order valence-corrected chi connectivity index (χ2v) is 7.68. The molecule has 1 amide bonds. The lowest BCUT2D eigenvalue weighted by Crippen LogP contribution is -2.29. The Balaban J connectivity index is 1.93. The molecule has 0 bridgehead atoms. The fourth-order valence-electron chi connectivity index (χ4n) is 3.80. The molecule has 1 aliphatic heterocycles. The van der Waals surface area contributed by atoms with Crippen LogP contribution in [0.4, 0.5) is 10.1 Å². The van der Waals surface area contributed by atoms with E-state index in [1.807, 2.05) is 0 Å². The third-order valence-corrected chi connectivity index (χ3v) is 5.68. The van der Waals surface area contributed by atoms with Gasteiger partial charge in [0.05, 0.1) is 30.9 Å². The van der Waals surface area contributed by atoms with Crippen molar-refractivity contribution in [3.8, 4) is 11.5 Å². The maximum absolute atomic E-state index is 14.0. The van der Waals surface area contributed by atoms with Crippen molar-refractivity contribution < 1.29 is 28.6 Å². The highest BCUT2D eigenvalue weighted by Gasteiger charge is 2.47. The highest BCUT2D eigenvalue weighted by Crippen LogP contribution is 2.43. The number of hydrogen-bond donors (Lipinski definition) is 1. The molecule has 3 aromatic carbocycles. The molecule has 0 spiro atoms. The molecule has 1 saturated heterocycles. The minimum absolute atomic E-state index is 0.143. The Morgan fingerprint density at radius 3 is 2.33 bits per heavy atom. The number of ether oxygens (including phenoxy) is 2. The minimum Gasteiger partial charge on any atom is -0.507 e. The summed E-state index contributed by atoms with van der Waals surface area (Å²) in [4.78, 5) is 27.4. The van der Waals surface area contributed by atoms with Crippen LogP contribution in [0.25, 0.3) is 5.76 Å². The van der Waals surface area contributed by atoms with Crippen LogP contribution in [0, 0.1) is 5.82 Å². The number of Topliss-reactive ketones (excluding diaryl/α,β-unsaturated/α-hetero) is 1. The molecule has 4 rings (SSSR count). The Morgan fingerprint density at radius 2 is 1.73 bits per heavy atom. The summed E-state index contributed by atoms with van der Waals surface area (Å²) in [6, 6.07) is 15.6. The molecule has 1 aliphatic rings. The SMILES string of the molecule is COc1ccc(C2/C(=C(\O)c3ccc(OC)c(Cl)c3)C(=O)C(=O)N2c2cccc(F)c2)cc1. The fourth-order valence-corrected chi connectivity index (χ4v) is 4.05. The number of ketones is 1. The van der Waals surface area contributed by atoms with Gasteiger partial charge in [-0.25, -0.2) is 4.39 Å². The maximum Gasteiger partial charge on any atom is 0.300 e. The van der Waals surface area contributed by atoms with Crippen LogP contribution in [0.15, 0.2) is 72.3 Å². The summed E-state index contributed by atoms with van der Waals surface area (Å²) in [5, 5.41) is 11.4. The molecule has 0 aliphatic carbocycles. The van der Waals surface area contributed by atoms with Crippen molar-refractivity contribution in [1.29, 1.82) is 0 Å². The van der Waals surface area contributed by atoms with Gasteiger partial charge in [-0.15, -0.1) is 0 Å². The van der Waals surface area contributed by atoms with E-state index in [1.165, 1.54) is 49.5 Å². The average molecular weight is 468 g/mol. The molecular weight excluding hydrogens is 449 g/mol. The van der Waals surface area contributed by atoms with Gasteiger partial charge in [-0.05, 0) is 54.1 Å². The monoisotopic (exact) mass is 467 g/mol. The number of rotatable bonds is 5. The summed E-state index contributed by atoms with van der Waals surface area (Å²) < 4.78 is 24.3. The number of methoxy groups -OCH3 is 2. The van der Waals surface area contributed by atoms with Crippen LogP contribution in [-0.4, -0.2) is 31.0 Å². The first-order valence-electron chi connectivity index (χ1n) is 9.90. The molecule has 33 heavy (non-hydrogen) atoms. The summed E-state index contributed by atoms with van der Waals surface area (Å²) >= 11 is 6.20. The van der Waals surface area contributed by atoms with E-state index in [-0.39, 0.29) is 21.8 Å². The molecule has 0 aromatic heterocycles. The smallest absolute Gasteiger partial charge is 0.300 e. The van der Waals surface area contributed by atoms with Crippen LogP contribution in [0.3, 0.4) is 0 Å². The maximum atomic E-state index is 14.0. The van der Waals surface area contributed by atoms with Crippen LogP contribution in [0.2, 0.25) is 5.02 Å². The number of halogens is 2. The van der Waals surface area contributed by atoms with Crippen molar-refractivity contribution in [3.05, 3.63) is 94.3 Å². The summed E-state index contributed by atoms with van der Waals surface area (Å²) in [6.07, 6.45) is 0. The second-order valence-electron chi connectivity index (χ2n) is 7.27. The lowest BCUT2D eigenvalue weighted by atomic mass is 9.95. The van der Waals surface area contributed by atoms with Crippen LogP contribution in [0.1, 0.15) is 17.2 Å². The Kier molecular flexibility index (Phi) is 6.07. The van der Waals surface area contributed by atoms with Gasteiger partial charge in [-0.3, -0.25) is 14.5 Å². The highest BCUT2D eigenvalue weighted by molar-refractivity contribution is 6.51. The molecule has 1 N–H and O–H groups in total. The Bertz CT molecular complexity index is 1270. The first-order chi connectivity index (χ1) is 15.8. The number of hydrogen-bond acceptors (Lipinski definition) is 5. The number of amides is 1. The van der Waals surface area contributed by atoms with E-state index in [0.29, 0.717) is 17.1 Å². The van der Waals surface area contributed by atoms with Crippen molar-refractivity contribution in [2.24, 2.45) is 0 Å².